The first-order valence-electron chi connectivity index (χ1n) is 28.2. The summed E-state index contributed by atoms with van der Waals surface area (Å²) in [6.07, 6.45) is 19.8. The van der Waals surface area contributed by atoms with E-state index < -0.39 is 0 Å². The molecule has 2 nitrogen and oxygen atoms in total. The Morgan fingerprint density at radius 3 is 1.04 bits per heavy atom. The Morgan fingerprint density at radius 2 is 0.630 bits per heavy atom. The van der Waals surface area contributed by atoms with E-state index >= 15 is 0 Å². The van der Waals surface area contributed by atoms with Gasteiger partial charge in [0.05, 0.1) is 0 Å². The Bertz CT molecular complexity index is 2970. The van der Waals surface area contributed by atoms with Crippen LogP contribution in [0.4, 0.5) is 34.1 Å². The van der Waals surface area contributed by atoms with Crippen LogP contribution < -0.4 is 9.80 Å². The summed E-state index contributed by atoms with van der Waals surface area (Å²) in [5, 5.41) is 0. The van der Waals surface area contributed by atoms with Crippen molar-refractivity contribution in [2.24, 2.45) is 0 Å². The zero-order valence-electron chi connectivity index (χ0n) is 45.0. The maximum Gasteiger partial charge on any atom is 0.0462 e. The van der Waals surface area contributed by atoms with E-state index in [0.717, 1.165) is 35.6 Å². The van der Waals surface area contributed by atoms with Gasteiger partial charge in [0.25, 0.3) is 0 Å². The first kappa shape index (κ1) is 51.3. The maximum absolute atomic E-state index is 2.59. The van der Waals surface area contributed by atoms with Crippen molar-refractivity contribution in [3.63, 3.8) is 0 Å². The number of aryl methyl sites for hydroxylation is 4. The van der Waals surface area contributed by atoms with Crippen molar-refractivity contribution in [2.75, 3.05) is 9.80 Å². The summed E-state index contributed by atoms with van der Waals surface area (Å²) in [7, 11) is 0. The van der Waals surface area contributed by atoms with Gasteiger partial charge in [-0.25, -0.2) is 0 Å². The predicted octanol–water partition coefficient (Wildman–Crippen LogP) is 21.5. The second kappa shape index (κ2) is 24.4. The minimum atomic E-state index is 0.0601. The van der Waals surface area contributed by atoms with Gasteiger partial charge in [-0.05, 0) is 187 Å². The molecule has 0 spiro atoms. The van der Waals surface area contributed by atoms with Crippen LogP contribution in [0.1, 0.15) is 151 Å². The molecule has 2 heteroatoms. The molecule has 0 atom stereocenters. The van der Waals surface area contributed by atoms with Crippen LogP contribution in [0, 0.1) is 13.8 Å². The molecule has 9 rings (SSSR count). The predicted molar refractivity (Wildman–Crippen MR) is 317 cm³/mol. The van der Waals surface area contributed by atoms with Crippen LogP contribution in [-0.2, 0) is 18.3 Å². The summed E-state index contributed by atoms with van der Waals surface area (Å²) < 4.78 is 0. The van der Waals surface area contributed by atoms with E-state index in [1.807, 2.05) is 0 Å². The van der Waals surface area contributed by atoms with Crippen LogP contribution >= 0.6 is 0 Å². The van der Waals surface area contributed by atoms with E-state index in [2.05, 4.69) is 233 Å². The lowest BCUT2D eigenvalue weighted by Crippen LogP contribution is -2.25. The number of hydrogen-bond donors (Lipinski definition) is 0. The van der Waals surface area contributed by atoms with Crippen molar-refractivity contribution < 1.29 is 0 Å². The Morgan fingerprint density at radius 1 is 0.301 bits per heavy atom. The van der Waals surface area contributed by atoms with Crippen LogP contribution in [0.15, 0.2) is 182 Å². The molecule has 73 heavy (non-hydrogen) atoms. The normalized spacial score (nSPS) is 12.4. The summed E-state index contributed by atoms with van der Waals surface area (Å²) in [4.78, 5) is 4.79. The summed E-state index contributed by atoms with van der Waals surface area (Å²) in [6, 6.07) is 69.6. The molecular weight excluding hydrogens is 881 g/mol. The largest absolute Gasteiger partial charge is 0.311 e. The minimum absolute atomic E-state index is 0.0601. The highest BCUT2D eigenvalue weighted by Crippen LogP contribution is 2.55. The second-order valence-electron chi connectivity index (χ2n) is 21.2. The number of fused-ring (bicyclic) bond motifs is 3. The molecule has 0 bridgehead atoms. The summed E-state index contributed by atoms with van der Waals surface area (Å²) in [5.74, 6) is 0. The monoisotopic (exact) mass is 961 g/mol. The number of anilines is 6. The zero-order chi connectivity index (χ0) is 50.6. The van der Waals surface area contributed by atoms with Gasteiger partial charge < -0.3 is 9.80 Å². The fraction of sp³-hybridized carbons (Fsp3) is 0.324. The molecule has 0 fully saturated rings. The van der Waals surface area contributed by atoms with Gasteiger partial charge >= 0.3 is 0 Å². The molecule has 0 saturated carbocycles. The van der Waals surface area contributed by atoms with E-state index in [9.17, 15) is 0 Å². The van der Waals surface area contributed by atoms with Crippen molar-refractivity contribution in [3.05, 3.63) is 215 Å². The van der Waals surface area contributed by atoms with Gasteiger partial charge in [0.2, 0.25) is 0 Å². The van der Waals surface area contributed by atoms with Gasteiger partial charge in [0, 0.05) is 39.5 Å². The van der Waals surface area contributed by atoms with Crippen molar-refractivity contribution in [3.8, 4) is 33.4 Å². The average Bonchev–Trinajstić information content (AvgIpc) is 3.69. The van der Waals surface area contributed by atoms with Gasteiger partial charge in [-0.1, -0.05) is 206 Å². The van der Waals surface area contributed by atoms with Crippen LogP contribution in [0.5, 0.6) is 0 Å². The first-order valence-corrected chi connectivity index (χ1v) is 28.2. The molecule has 1 aliphatic carbocycles. The fourth-order valence-corrected chi connectivity index (χ4v) is 11.5. The number of rotatable bonds is 24. The average molecular weight is 961 g/mol. The van der Waals surface area contributed by atoms with Crippen LogP contribution in [0.2, 0.25) is 0 Å². The fourth-order valence-electron chi connectivity index (χ4n) is 11.5. The molecular formula is C71H80N2. The lowest BCUT2D eigenvalue weighted by atomic mass is 9.70. The summed E-state index contributed by atoms with van der Waals surface area (Å²) in [6.45, 7) is 13.6. The highest BCUT2D eigenvalue weighted by Gasteiger charge is 2.42. The van der Waals surface area contributed by atoms with Crippen LogP contribution in [-0.4, -0.2) is 0 Å². The number of nitrogens with zero attached hydrogens (tertiary/aromatic N) is 2. The molecule has 0 aliphatic heterocycles. The van der Waals surface area contributed by atoms with Crippen LogP contribution in [0.25, 0.3) is 33.4 Å². The zero-order valence-corrected chi connectivity index (χ0v) is 45.0. The lowest BCUT2D eigenvalue weighted by Gasteiger charge is -2.33. The third-order valence-electron chi connectivity index (χ3n) is 15.8. The molecule has 8 aromatic rings. The summed E-state index contributed by atoms with van der Waals surface area (Å²) in [5.41, 5.74) is 23.4. The number of unbranched alkanes of at least 4 members (excludes halogenated alkanes) is 8. The highest BCUT2D eigenvalue weighted by atomic mass is 15.1. The van der Waals surface area contributed by atoms with Crippen LogP contribution in [0.3, 0.4) is 0 Å². The molecule has 374 valence electrons. The van der Waals surface area contributed by atoms with E-state index in [0.29, 0.717) is 0 Å². The molecule has 0 aromatic heterocycles. The van der Waals surface area contributed by atoms with E-state index in [-0.39, 0.29) is 5.41 Å². The van der Waals surface area contributed by atoms with E-state index in [1.165, 1.54) is 157 Å². The third-order valence-corrected chi connectivity index (χ3v) is 15.8. The molecule has 0 amide bonds. The topological polar surface area (TPSA) is 6.48 Å². The second-order valence-corrected chi connectivity index (χ2v) is 21.2. The standard InChI is InChI=1S/C71H80N2/c1-7-11-15-17-49-71(50-18-16-12-8-2)69-51-54(6)23-47-67(69)68-48-34-60(52-70(68)71)59-32-45-66(46-33-59)73(63-39-26-56(27-40-63)20-14-10-4)65-43-30-58(31-44-65)57-28-41-64(42-29-57)72(61-35-21-53(5)22-36-61)62-37-24-55(25-38-62)19-13-9-3/h21-48,51-52H,7-20,49-50H2,1-6H3. The number of benzene rings is 8. The molecule has 0 heterocycles. The smallest absolute Gasteiger partial charge is 0.0462 e. The lowest BCUT2D eigenvalue weighted by molar-refractivity contribution is 0.401. The molecule has 0 radical (unpaired) electrons. The van der Waals surface area contributed by atoms with Gasteiger partial charge in [-0.2, -0.15) is 0 Å². The number of hydrogen-bond acceptors (Lipinski definition) is 2. The van der Waals surface area contributed by atoms with Gasteiger partial charge in [-0.3, -0.25) is 0 Å². The van der Waals surface area contributed by atoms with Gasteiger partial charge in [0.15, 0.2) is 0 Å². The molecule has 0 N–H and O–H groups in total. The highest BCUT2D eigenvalue weighted by molar-refractivity contribution is 5.86. The van der Waals surface area contributed by atoms with Gasteiger partial charge in [-0.15, -0.1) is 0 Å². The molecule has 0 saturated heterocycles. The SMILES string of the molecule is CCCCCCC1(CCCCCC)c2cc(C)ccc2-c2ccc(-c3ccc(N(c4ccc(CCCC)cc4)c4ccc(-c5ccc(N(c6ccc(C)cc6)c6ccc(CCCC)cc6)cc5)cc4)cc3)cc21. The van der Waals surface area contributed by atoms with E-state index in [1.54, 1.807) is 11.1 Å². The maximum atomic E-state index is 2.59. The van der Waals surface area contributed by atoms with E-state index in [4.69, 9.17) is 0 Å². The first-order chi connectivity index (χ1) is 35.8. The van der Waals surface area contributed by atoms with Crippen molar-refractivity contribution in [2.45, 2.75) is 150 Å². The van der Waals surface area contributed by atoms with Crippen molar-refractivity contribution in [1.82, 2.24) is 0 Å². The van der Waals surface area contributed by atoms with Crippen molar-refractivity contribution in [1.29, 1.82) is 0 Å². The third kappa shape index (κ3) is 11.8. The molecule has 1 aliphatic rings. The van der Waals surface area contributed by atoms with Crippen molar-refractivity contribution >= 4 is 34.1 Å². The Hall–Kier alpha value is -6.64. The Labute approximate surface area is 440 Å². The Balaban J connectivity index is 1.02. The van der Waals surface area contributed by atoms with Gasteiger partial charge in [0.1, 0.15) is 0 Å². The summed E-state index contributed by atoms with van der Waals surface area (Å²) >= 11 is 0. The molecule has 8 aromatic carbocycles. The molecule has 0 unspecified atom stereocenters. The quantitative estimate of drug-likeness (QED) is 0.0557. The Kier molecular flexibility index (Phi) is 17.1. The minimum Gasteiger partial charge on any atom is -0.311 e.